The molecule has 2 N–H and O–H groups in total. The fourth-order valence-electron chi connectivity index (χ4n) is 2.59. The number of hydrogen-bond acceptors (Lipinski definition) is 3. The zero-order chi connectivity index (χ0) is 15.5. The minimum Gasteiger partial charge on any atom is -0.478 e. The fourth-order valence-corrected chi connectivity index (χ4v) is 2.59. The Morgan fingerprint density at radius 1 is 1.23 bits per heavy atom. The summed E-state index contributed by atoms with van der Waals surface area (Å²) in [7, 11) is 0. The topological polar surface area (TPSA) is 55.6 Å². The van der Waals surface area contributed by atoms with Crippen LogP contribution in [0.1, 0.15) is 5.56 Å². The van der Waals surface area contributed by atoms with E-state index in [0.29, 0.717) is 23.5 Å². The smallest absolute Gasteiger partial charge is 0.269 e. The SMILES string of the molecule is C#CCN1C(=O)C(Cc2cccc(N)c2)Oc2ccccc21. The van der Waals surface area contributed by atoms with Crippen molar-refractivity contribution in [2.24, 2.45) is 0 Å². The number of rotatable bonds is 3. The van der Waals surface area contributed by atoms with Crippen LogP contribution in [0.4, 0.5) is 11.4 Å². The molecule has 1 aliphatic heterocycles. The quantitative estimate of drug-likeness (QED) is 0.697. The summed E-state index contributed by atoms with van der Waals surface area (Å²) in [5.41, 5.74) is 8.13. The standard InChI is InChI=1S/C18H16N2O2/c1-2-10-20-15-8-3-4-9-16(15)22-17(18(20)21)12-13-6-5-7-14(19)11-13/h1,3-9,11,17H,10,12,19H2. The molecule has 0 saturated carbocycles. The van der Waals surface area contributed by atoms with Crippen molar-refractivity contribution < 1.29 is 9.53 Å². The molecule has 0 aliphatic carbocycles. The van der Waals surface area contributed by atoms with Crippen molar-refractivity contribution in [3.63, 3.8) is 0 Å². The summed E-state index contributed by atoms with van der Waals surface area (Å²) in [4.78, 5) is 14.2. The molecule has 1 unspecified atom stereocenters. The van der Waals surface area contributed by atoms with Gasteiger partial charge in [-0.25, -0.2) is 0 Å². The number of carbonyl (C=O) groups is 1. The first-order valence-corrected chi connectivity index (χ1v) is 7.04. The van der Waals surface area contributed by atoms with Gasteiger partial charge in [0.05, 0.1) is 12.2 Å². The highest BCUT2D eigenvalue weighted by molar-refractivity contribution is 6.00. The van der Waals surface area contributed by atoms with E-state index in [1.165, 1.54) is 0 Å². The third-order valence-electron chi connectivity index (χ3n) is 3.59. The van der Waals surface area contributed by atoms with Crippen LogP contribution in [0.25, 0.3) is 0 Å². The van der Waals surface area contributed by atoms with E-state index in [1.807, 2.05) is 48.5 Å². The van der Waals surface area contributed by atoms with Gasteiger partial charge in [0, 0.05) is 12.1 Å². The molecule has 2 aromatic carbocycles. The van der Waals surface area contributed by atoms with Crippen LogP contribution in [0.3, 0.4) is 0 Å². The molecule has 22 heavy (non-hydrogen) atoms. The second-order valence-corrected chi connectivity index (χ2v) is 5.15. The summed E-state index contributed by atoms with van der Waals surface area (Å²) in [6.45, 7) is 0.229. The molecule has 2 aromatic rings. The molecular weight excluding hydrogens is 276 g/mol. The predicted molar refractivity (Wildman–Crippen MR) is 86.6 cm³/mol. The lowest BCUT2D eigenvalue weighted by atomic mass is 10.0. The number of nitrogens with zero attached hydrogens (tertiary/aromatic N) is 1. The molecule has 0 radical (unpaired) electrons. The van der Waals surface area contributed by atoms with Gasteiger partial charge in [-0.3, -0.25) is 9.69 Å². The third kappa shape index (κ3) is 2.61. The zero-order valence-corrected chi connectivity index (χ0v) is 12.0. The number of para-hydroxylation sites is 2. The molecule has 4 heteroatoms. The van der Waals surface area contributed by atoms with E-state index in [4.69, 9.17) is 16.9 Å². The summed E-state index contributed by atoms with van der Waals surface area (Å²) >= 11 is 0. The first kappa shape index (κ1) is 14.0. The van der Waals surface area contributed by atoms with Crippen LogP contribution in [0.2, 0.25) is 0 Å². The Bertz CT molecular complexity index is 749. The van der Waals surface area contributed by atoms with E-state index in [1.54, 1.807) is 4.90 Å². The predicted octanol–water partition coefficient (Wildman–Crippen LogP) is 2.24. The molecule has 0 saturated heterocycles. The van der Waals surface area contributed by atoms with Gasteiger partial charge in [0.15, 0.2) is 6.10 Å². The molecular formula is C18H16N2O2. The fraction of sp³-hybridized carbons (Fsp3) is 0.167. The van der Waals surface area contributed by atoms with Crippen molar-refractivity contribution >= 4 is 17.3 Å². The second-order valence-electron chi connectivity index (χ2n) is 5.15. The average Bonchev–Trinajstić information content (AvgIpc) is 2.51. The minimum atomic E-state index is -0.593. The van der Waals surface area contributed by atoms with Gasteiger partial charge >= 0.3 is 0 Å². The van der Waals surface area contributed by atoms with E-state index in [-0.39, 0.29) is 12.5 Å². The first-order chi connectivity index (χ1) is 10.7. The van der Waals surface area contributed by atoms with Crippen LogP contribution in [-0.4, -0.2) is 18.6 Å². The van der Waals surface area contributed by atoms with E-state index < -0.39 is 6.10 Å². The lowest BCUT2D eigenvalue weighted by Gasteiger charge is -2.33. The molecule has 1 aliphatic rings. The maximum absolute atomic E-state index is 12.6. The molecule has 3 rings (SSSR count). The highest BCUT2D eigenvalue weighted by atomic mass is 16.5. The van der Waals surface area contributed by atoms with Gasteiger partial charge in [-0.15, -0.1) is 6.42 Å². The Labute approximate surface area is 129 Å². The van der Waals surface area contributed by atoms with Crippen molar-refractivity contribution in [2.45, 2.75) is 12.5 Å². The number of terminal acetylenes is 1. The average molecular weight is 292 g/mol. The summed E-state index contributed by atoms with van der Waals surface area (Å²) in [6.07, 6.45) is 5.26. The van der Waals surface area contributed by atoms with Gasteiger partial charge in [-0.1, -0.05) is 30.2 Å². The Morgan fingerprint density at radius 3 is 2.82 bits per heavy atom. The van der Waals surface area contributed by atoms with Gasteiger partial charge in [-0.2, -0.15) is 0 Å². The highest BCUT2D eigenvalue weighted by Gasteiger charge is 2.33. The van der Waals surface area contributed by atoms with Crippen molar-refractivity contribution in [2.75, 3.05) is 17.2 Å². The highest BCUT2D eigenvalue weighted by Crippen LogP contribution is 2.34. The molecule has 0 bridgehead atoms. The minimum absolute atomic E-state index is 0.126. The Morgan fingerprint density at radius 2 is 2.05 bits per heavy atom. The number of nitrogen functional groups attached to an aromatic ring is 1. The van der Waals surface area contributed by atoms with Gasteiger partial charge in [-0.05, 0) is 29.8 Å². The van der Waals surface area contributed by atoms with Crippen LogP contribution >= 0.6 is 0 Å². The summed E-state index contributed by atoms with van der Waals surface area (Å²) in [5.74, 6) is 3.08. The van der Waals surface area contributed by atoms with Gasteiger partial charge in [0.2, 0.25) is 0 Å². The zero-order valence-electron chi connectivity index (χ0n) is 12.0. The van der Waals surface area contributed by atoms with Crippen molar-refractivity contribution in [3.8, 4) is 18.1 Å². The molecule has 0 fully saturated rings. The Hall–Kier alpha value is -2.93. The van der Waals surface area contributed by atoms with Gasteiger partial charge in [0.25, 0.3) is 5.91 Å². The van der Waals surface area contributed by atoms with E-state index in [2.05, 4.69) is 5.92 Å². The molecule has 0 spiro atoms. The molecule has 110 valence electrons. The molecule has 4 nitrogen and oxygen atoms in total. The first-order valence-electron chi connectivity index (χ1n) is 7.04. The maximum atomic E-state index is 12.6. The number of ether oxygens (including phenoxy) is 1. The number of anilines is 2. The van der Waals surface area contributed by atoms with Crippen LogP contribution < -0.4 is 15.4 Å². The third-order valence-corrected chi connectivity index (χ3v) is 3.59. The summed E-state index contributed by atoms with van der Waals surface area (Å²) in [5, 5.41) is 0. The molecule has 1 amide bonds. The van der Waals surface area contributed by atoms with Crippen molar-refractivity contribution in [1.29, 1.82) is 0 Å². The van der Waals surface area contributed by atoms with Crippen LogP contribution in [0.5, 0.6) is 5.75 Å². The number of amides is 1. The Balaban J connectivity index is 1.91. The van der Waals surface area contributed by atoms with Crippen LogP contribution in [0.15, 0.2) is 48.5 Å². The molecule has 0 aromatic heterocycles. The maximum Gasteiger partial charge on any atom is 0.269 e. The lowest BCUT2D eigenvalue weighted by Crippen LogP contribution is -2.47. The van der Waals surface area contributed by atoms with Crippen molar-refractivity contribution in [3.05, 3.63) is 54.1 Å². The van der Waals surface area contributed by atoms with E-state index in [9.17, 15) is 4.79 Å². The molecule has 1 atom stereocenters. The number of benzene rings is 2. The lowest BCUT2D eigenvalue weighted by molar-refractivity contribution is -0.126. The molecule has 1 heterocycles. The second kappa shape index (κ2) is 5.82. The normalized spacial score (nSPS) is 16.6. The number of hydrogen-bond donors (Lipinski definition) is 1. The number of carbonyl (C=O) groups excluding carboxylic acids is 1. The van der Waals surface area contributed by atoms with Crippen molar-refractivity contribution in [1.82, 2.24) is 0 Å². The number of fused-ring (bicyclic) bond motifs is 1. The van der Waals surface area contributed by atoms with Gasteiger partial charge in [0.1, 0.15) is 5.75 Å². The Kier molecular flexibility index (Phi) is 3.71. The van der Waals surface area contributed by atoms with Gasteiger partial charge < -0.3 is 10.5 Å². The van der Waals surface area contributed by atoms with Crippen LogP contribution in [-0.2, 0) is 11.2 Å². The summed E-state index contributed by atoms with van der Waals surface area (Å²) < 4.78 is 5.86. The monoisotopic (exact) mass is 292 g/mol. The van der Waals surface area contributed by atoms with Crippen LogP contribution in [0, 0.1) is 12.3 Å². The summed E-state index contributed by atoms with van der Waals surface area (Å²) in [6, 6.07) is 14.9. The largest absolute Gasteiger partial charge is 0.478 e. The van der Waals surface area contributed by atoms with E-state index in [0.717, 1.165) is 5.56 Å². The number of nitrogens with two attached hydrogens (primary N) is 1. The van der Waals surface area contributed by atoms with E-state index >= 15 is 0 Å².